The monoisotopic (exact) mass is 251 g/mol. The first kappa shape index (κ1) is 12.9. The molecule has 4 unspecified atom stereocenters. The van der Waals surface area contributed by atoms with Crippen molar-refractivity contribution in [1.82, 2.24) is 5.32 Å². The molecule has 2 bridgehead atoms. The normalized spacial score (nSPS) is 45.3. The quantitative estimate of drug-likeness (QED) is 0.827. The highest BCUT2D eigenvalue weighted by atomic mass is 16.5. The van der Waals surface area contributed by atoms with E-state index in [-0.39, 0.29) is 0 Å². The van der Waals surface area contributed by atoms with Gasteiger partial charge in [0, 0.05) is 12.0 Å². The molecule has 0 radical (unpaired) electrons. The zero-order valence-electron chi connectivity index (χ0n) is 12.0. The van der Waals surface area contributed by atoms with Crippen molar-refractivity contribution in [2.75, 3.05) is 7.05 Å². The predicted molar refractivity (Wildman–Crippen MR) is 74.6 cm³/mol. The van der Waals surface area contributed by atoms with Gasteiger partial charge in [-0.1, -0.05) is 26.2 Å². The summed E-state index contributed by atoms with van der Waals surface area (Å²) in [7, 11) is 2.17. The van der Waals surface area contributed by atoms with Gasteiger partial charge in [0.15, 0.2) is 0 Å². The topological polar surface area (TPSA) is 21.3 Å². The Labute approximate surface area is 112 Å². The third-order valence-electron chi connectivity index (χ3n) is 5.92. The molecule has 0 aromatic carbocycles. The Kier molecular flexibility index (Phi) is 3.95. The third kappa shape index (κ3) is 2.34. The van der Waals surface area contributed by atoms with Crippen molar-refractivity contribution in [2.45, 2.75) is 76.5 Å². The van der Waals surface area contributed by atoms with Crippen molar-refractivity contribution >= 4 is 0 Å². The lowest BCUT2D eigenvalue weighted by Crippen LogP contribution is -2.45. The van der Waals surface area contributed by atoms with Gasteiger partial charge in [0.05, 0.1) is 12.2 Å². The first-order valence-corrected chi connectivity index (χ1v) is 8.14. The largest absolute Gasteiger partial charge is 0.375 e. The van der Waals surface area contributed by atoms with E-state index in [1.54, 1.807) is 0 Å². The average molecular weight is 251 g/mol. The molecular weight excluding hydrogens is 222 g/mol. The van der Waals surface area contributed by atoms with Crippen molar-refractivity contribution in [3.63, 3.8) is 0 Å². The van der Waals surface area contributed by atoms with E-state index in [0.717, 1.165) is 23.8 Å². The number of nitrogens with one attached hydrogen (secondary N) is 1. The smallest absolute Gasteiger partial charge is 0.0623 e. The molecule has 0 amide bonds. The molecule has 2 saturated heterocycles. The third-order valence-corrected chi connectivity index (χ3v) is 5.92. The van der Waals surface area contributed by atoms with Gasteiger partial charge < -0.3 is 10.1 Å². The Morgan fingerprint density at radius 2 is 1.89 bits per heavy atom. The van der Waals surface area contributed by atoms with Crippen molar-refractivity contribution in [2.24, 2.45) is 17.8 Å². The van der Waals surface area contributed by atoms with E-state index >= 15 is 0 Å². The second-order valence-electron chi connectivity index (χ2n) is 6.78. The lowest BCUT2D eigenvalue weighted by atomic mass is 9.71. The highest BCUT2D eigenvalue weighted by molar-refractivity contribution is 4.97. The molecule has 1 N–H and O–H groups in total. The zero-order chi connectivity index (χ0) is 12.5. The first-order chi connectivity index (χ1) is 8.81. The average Bonchev–Trinajstić information content (AvgIpc) is 3.03. The fourth-order valence-electron chi connectivity index (χ4n) is 4.81. The molecule has 2 heterocycles. The molecule has 1 aliphatic carbocycles. The van der Waals surface area contributed by atoms with Gasteiger partial charge in [-0.05, 0) is 51.0 Å². The molecule has 1 saturated carbocycles. The minimum atomic E-state index is 0.580. The van der Waals surface area contributed by atoms with Gasteiger partial charge in [-0.3, -0.25) is 0 Å². The Balaban J connectivity index is 1.59. The second-order valence-corrected chi connectivity index (χ2v) is 6.78. The highest BCUT2D eigenvalue weighted by Crippen LogP contribution is 2.44. The molecule has 3 aliphatic rings. The maximum atomic E-state index is 6.06. The summed E-state index contributed by atoms with van der Waals surface area (Å²) in [4.78, 5) is 0. The number of hydrogen-bond acceptors (Lipinski definition) is 2. The molecule has 4 atom stereocenters. The van der Waals surface area contributed by atoms with Crippen LogP contribution in [0.3, 0.4) is 0 Å². The molecule has 18 heavy (non-hydrogen) atoms. The van der Waals surface area contributed by atoms with Gasteiger partial charge in [0.1, 0.15) is 0 Å². The summed E-state index contributed by atoms with van der Waals surface area (Å²) >= 11 is 0. The van der Waals surface area contributed by atoms with Crippen LogP contribution in [0.15, 0.2) is 0 Å². The number of hydrogen-bond donors (Lipinski definition) is 1. The SMILES string of the molecule is CCC1CCC(C(NC)C2CC3CCC2O3)CC1. The van der Waals surface area contributed by atoms with E-state index < -0.39 is 0 Å². The minimum Gasteiger partial charge on any atom is -0.375 e. The fraction of sp³-hybridized carbons (Fsp3) is 1.00. The summed E-state index contributed by atoms with van der Waals surface area (Å²) < 4.78 is 6.06. The lowest BCUT2D eigenvalue weighted by Gasteiger charge is -2.38. The maximum Gasteiger partial charge on any atom is 0.0623 e. The van der Waals surface area contributed by atoms with Gasteiger partial charge in [-0.25, -0.2) is 0 Å². The minimum absolute atomic E-state index is 0.580. The Morgan fingerprint density at radius 3 is 2.39 bits per heavy atom. The van der Waals surface area contributed by atoms with Crippen molar-refractivity contribution < 1.29 is 4.74 Å². The van der Waals surface area contributed by atoms with E-state index in [4.69, 9.17) is 4.74 Å². The Hall–Kier alpha value is -0.0800. The highest BCUT2D eigenvalue weighted by Gasteiger charge is 2.46. The summed E-state index contributed by atoms with van der Waals surface area (Å²) in [6, 6.07) is 0.720. The van der Waals surface area contributed by atoms with Gasteiger partial charge in [0.25, 0.3) is 0 Å². The lowest BCUT2D eigenvalue weighted by molar-refractivity contribution is 0.0747. The van der Waals surface area contributed by atoms with Crippen LogP contribution in [0.25, 0.3) is 0 Å². The van der Waals surface area contributed by atoms with Crippen LogP contribution >= 0.6 is 0 Å². The number of ether oxygens (including phenoxy) is 1. The van der Waals surface area contributed by atoms with Crippen molar-refractivity contribution in [3.8, 4) is 0 Å². The molecule has 3 rings (SSSR count). The van der Waals surface area contributed by atoms with Crippen LogP contribution in [0.4, 0.5) is 0 Å². The van der Waals surface area contributed by atoms with Gasteiger partial charge in [-0.2, -0.15) is 0 Å². The van der Waals surface area contributed by atoms with Gasteiger partial charge >= 0.3 is 0 Å². The summed E-state index contributed by atoms with van der Waals surface area (Å²) in [6.45, 7) is 2.35. The predicted octanol–water partition coefficient (Wildman–Crippen LogP) is 3.36. The fourth-order valence-corrected chi connectivity index (χ4v) is 4.81. The molecular formula is C16H29NO. The van der Waals surface area contributed by atoms with E-state index in [0.29, 0.717) is 12.2 Å². The van der Waals surface area contributed by atoms with Crippen LogP contribution in [-0.4, -0.2) is 25.3 Å². The van der Waals surface area contributed by atoms with Crippen molar-refractivity contribution in [1.29, 1.82) is 0 Å². The van der Waals surface area contributed by atoms with Crippen LogP contribution in [0, 0.1) is 17.8 Å². The molecule has 2 heteroatoms. The summed E-state index contributed by atoms with van der Waals surface area (Å²) in [6.07, 6.45) is 12.3. The van der Waals surface area contributed by atoms with E-state index in [9.17, 15) is 0 Å². The molecule has 2 nitrogen and oxygen atoms in total. The molecule has 0 aromatic heterocycles. The van der Waals surface area contributed by atoms with Gasteiger partial charge in [0.2, 0.25) is 0 Å². The van der Waals surface area contributed by atoms with Crippen LogP contribution in [0.5, 0.6) is 0 Å². The van der Waals surface area contributed by atoms with Crippen LogP contribution in [-0.2, 0) is 4.74 Å². The Morgan fingerprint density at radius 1 is 1.11 bits per heavy atom. The molecule has 3 fully saturated rings. The molecule has 0 aromatic rings. The van der Waals surface area contributed by atoms with E-state index in [1.807, 2.05) is 0 Å². The first-order valence-electron chi connectivity index (χ1n) is 8.14. The summed E-state index contributed by atoms with van der Waals surface area (Å²) in [5, 5.41) is 3.65. The standard InChI is InChI=1S/C16H29NO/c1-3-11-4-6-12(7-5-11)16(17-2)14-10-13-8-9-15(14)18-13/h11-17H,3-10H2,1-2H3. The molecule has 104 valence electrons. The number of fused-ring (bicyclic) bond motifs is 2. The summed E-state index contributed by atoms with van der Waals surface area (Å²) in [5.41, 5.74) is 0. The van der Waals surface area contributed by atoms with Crippen LogP contribution in [0.1, 0.15) is 58.3 Å². The van der Waals surface area contributed by atoms with Gasteiger partial charge in [-0.15, -0.1) is 0 Å². The van der Waals surface area contributed by atoms with E-state index in [2.05, 4.69) is 19.3 Å². The number of rotatable bonds is 4. The second kappa shape index (κ2) is 5.50. The van der Waals surface area contributed by atoms with Crippen LogP contribution in [0.2, 0.25) is 0 Å². The molecule has 2 aliphatic heterocycles. The molecule has 0 spiro atoms. The van der Waals surface area contributed by atoms with Crippen LogP contribution < -0.4 is 5.32 Å². The van der Waals surface area contributed by atoms with E-state index in [1.165, 1.54) is 51.4 Å². The summed E-state index contributed by atoms with van der Waals surface area (Å²) in [5.74, 6) is 2.72. The maximum absolute atomic E-state index is 6.06. The van der Waals surface area contributed by atoms with Crippen molar-refractivity contribution in [3.05, 3.63) is 0 Å². The zero-order valence-corrected chi connectivity index (χ0v) is 12.0. The Bertz CT molecular complexity index is 272.